The van der Waals surface area contributed by atoms with Crippen molar-refractivity contribution in [2.45, 2.75) is 0 Å². The van der Waals surface area contributed by atoms with E-state index in [1.54, 1.807) is 24.3 Å². The number of nitrogens with zero attached hydrogens (tertiary/aromatic N) is 2. The molecule has 0 aliphatic carbocycles. The molecular formula is C22H20N4O2. The Morgan fingerprint density at radius 3 is 2.32 bits per heavy atom. The standard InChI is InChI=1S/C22H20N4O2/c1-26(2)17-8-3-15(4-9-17)22(28)23-21-19-12-7-16(13-20(19)24-25-21)14-5-10-18(27)11-6-14/h3-13,27H,1-2H3,(H2,23,24,25,28). The molecule has 0 fully saturated rings. The summed E-state index contributed by atoms with van der Waals surface area (Å²) in [5.74, 6) is 0.519. The van der Waals surface area contributed by atoms with Gasteiger partial charge in [0.15, 0.2) is 5.82 Å². The molecule has 0 saturated carbocycles. The van der Waals surface area contributed by atoms with Gasteiger partial charge in [-0.1, -0.05) is 18.2 Å². The average molecular weight is 372 g/mol. The van der Waals surface area contributed by atoms with E-state index >= 15 is 0 Å². The van der Waals surface area contributed by atoms with E-state index in [0.29, 0.717) is 11.4 Å². The molecule has 0 aliphatic heterocycles. The number of H-pyrrole nitrogens is 1. The van der Waals surface area contributed by atoms with Crippen LogP contribution in [0.3, 0.4) is 0 Å². The highest BCUT2D eigenvalue weighted by molar-refractivity contribution is 6.08. The molecule has 0 spiro atoms. The molecule has 0 radical (unpaired) electrons. The van der Waals surface area contributed by atoms with Crippen LogP contribution < -0.4 is 10.2 Å². The monoisotopic (exact) mass is 372 g/mol. The largest absolute Gasteiger partial charge is 0.508 e. The van der Waals surface area contributed by atoms with Crippen molar-refractivity contribution < 1.29 is 9.90 Å². The van der Waals surface area contributed by atoms with Gasteiger partial charge in [-0.3, -0.25) is 9.89 Å². The molecular weight excluding hydrogens is 352 g/mol. The first-order valence-corrected chi connectivity index (χ1v) is 8.87. The molecule has 0 atom stereocenters. The molecule has 4 rings (SSSR count). The number of benzene rings is 3. The molecule has 1 amide bonds. The van der Waals surface area contributed by atoms with Crippen LogP contribution in [-0.2, 0) is 0 Å². The summed E-state index contributed by atoms with van der Waals surface area (Å²) in [6.45, 7) is 0. The number of amides is 1. The van der Waals surface area contributed by atoms with Gasteiger partial charge in [0.1, 0.15) is 5.75 Å². The molecule has 1 heterocycles. The van der Waals surface area contributed by atoms with E-state index in [2.05, 4.69) is 15.5 Å². The summed E-state index contributed by atoms with van der Waals surface area (Å²) >= 11 is 0. The topological polar surface area (TPSA) is 81.2 Å². The fourth-order valence-electron chi connectivity index (χ4n) is 3.04. The molecule has 1 aromatic heterocycles. The van der Waals surface area contributed by atoms with Crippen molar-refractivity contribution in [3.8, 4) is 16.9 Å². The number of nitrogens with one attached hydrogen (secondary N) is 2. The lowest BCUT2D eigenvalue weighted by Gasteiger charge is -2.12. The molecule has 6 nitrogen and oxygen atoms in total. The summed E-state index contributed by atoms with van der Waals surface area (Å²) < 4.78 is 0. The Kier molecular flexibility index (Phi) is 4.45. The summed E-state index contributed by atoms with van der Waals surface area (Å²) in [6, 6.07) is 20.3. The van der Waals surface area contributed by atoms with Crippen LogP contribution in [0.25, 0.3) is 22.0 Å². The van der Waals surface area contributed by atoms with Crippen molar-refractivity contribution in [1.29, 1.82) is 0 Å². The van der Waals surface area contributed by atoms with Gasteiger partial charge >= 0.3 is 0 Å². The van der Waals surface area contributed by atoms with Gasteiger partial charge < -0.3 is 15.3 Å². The second-order valence-electron chi connectivity index (χ2n) is 6.77. The fraction of sp³-hybridized carbons (Fsp3) is 0.0909. The first kappa shape index (κ1) is 17.6. The van der Waals surface area contributed by atoms with E-state index < -0.39 is 0 Å². The maximum atomic E-state index is 12.6. The Morgan fingerprint density at radius 1 is 0.964 bits per heavy atom. The van der Waals surface area contributed by atoms with Crippen LogP contribution in [0.4, 0.5) is 11.5 Å². The highest BCUT2D eigenvalue weighted by Crippen LogP contribution is 2.28. The van der Waals surface area contributed by atoms with Crippen LogP contribution in [0.15, 0.2) is 66.7 Å². The van der Waals surface area contributed by atoms with E-state index in [0.717, 1.165) is 27.7 Å². The SMILES string of the molecule is CN(C)c1ccc(C(=O)Nc2n[nH]c3cc(-c4ccc(O)cc4)ccc23)cc1. The zero-order chi connectivity index (χ0) is 19.7. The molecule has 3 aromatic carbocycles. The lowest BCUT2D eigenvalue weighted by molar-refractivity contribution is 0.102. The van der Waals surface area contributed by atoms with Gasteiger partial charge in [-0.25, -0.2) is 0 Å². The Bertz CT molecular complexity index is 1130. The third kappa shape index (κ3) is 3.40. The van der Waals surface area contributed by atoms with Gasteiger partial charge in [-0.2, -0.15) is 5.10 Å². The predicted octanol–water partition coefficient (Wildman–Crippen LogP) is 4.25. The van der Waals surface area contributed by atoms with E-state index in [1.165, 1.54) is 0 Å². The van der Waals surface area contributed by atoms with Crippen molar-refractivity contribution >= 4 is 28.3 Å². The number of phenols is 1. The third-order valence-electron chi connectivity index (χ3n) is 4.64. The number of aromatic hydroxyl groups is 1. The normalized spacial score (nSPS) is 10.8. The maximum absolute atomic E-state index is 12.6. The highest BCUT2D eigenvalue weighted by atomic mass is 16.3. The Labute approximate surface area is 162 Å². The zero-order valence-corrected chi connectivity index (χ0v) is 15.6. The number of aromatic amines is 1. The number of phenolic OH excluding ortho intramolecular Hbond substituents is 1. The Balaban J connectivity index is 1.57. The van der Waals surface area contributed by atoms with Crippen LogP contribution >= 0.6 is 0 Å². The van der Waals surface area contributed by atoms with E-state index in [-0.39, 0.29) is 11.7 Å². The smallest absolute Gasteiger partial charge is 0.256 e. The molecule has 3 N–H and O–H groups in total. The van der Waals surface area contributed by atoms with Crippen LogP contribution in [0.2, 0.25) is 0 Å². The second kappa shape index (κ2) is 7.08. The average Bonchev–Trinajstić information content (AvgIpc) is 3.10. The van der Waals surface area contributed by atoms with Gasteiger partial charge in [0.05, 0.1) is 5.52 Å². The van der Waals surface area contributed by atoms with Gasteiger partial charge in [-0.15, -0.1) is 0 Å². The first-order chi connectivity index (χ1) is 13.5. The molecule has 0 unspecified atom stereocenters. The predicted molar refractivity (Wildman–Crippen MR) is 112 cm³/mol. The van der Waals surface area contributed by atoms with E-state index in [1.807, 2.05) is 61.5 Å². The Hall–Kier alpha value is -3.80. The molecule has 0 aliphatic rings. The van der Waals surface area contributed by atoms with Gasteiger partial charge in [-0.05, 0) is 59.7 Å². The number of anilines is 2. The number of aromatic nitrogens is 2. The minimum absolute atomic E-state index is 0.207. The summed E-state index contributed by atoms with van der Waals surface area (Å²) in [5, 5.41) is 20.4. The number of fused-ring (bicyclic) bond motifs is 1. The number of carbonyl (C=O) groups excluding carboxylic acids is 1. The lowest BCUT2D eigenvalue weighted by Crippen LogP contribution is -2.13. The molecule has 4 aromatic rings. The van der Waals surface area contributed by atoms with Crippen molar-refractivity contribution in [2.24, 2.45) is 0 Å². The summed E-state index contributed by atoms with van der Waals surface area (Å²) in [7, 11) is 3.91. The van der Waals surface area contributed by atoms with Crippen LogP contribution in [0.1, 0.15) is 10.4 Å². The molecule has 0 saturated heterocycles. The molecule has 6 heteroatoms. The van der Waals surface area contributed by atoms with Crippen molar-refractivity contribution in [3.63, 3.8) is 0 Å². The highest BCUT2D eigenvalue weighted by Gasteiger charge is 2.12. The van der Waals surface area contributed by atoms with Crippen LogP contribution in [0, 0.1) is 0 Å². The lowest BCUT2D eigenvalue weighted by atomic mass is 10.0. The summed E-state index contributed by atoms with van der Waals surface area (Å²) in [6.07, 6.45) is 0. The van der Waals surface area contributed by atoms with E-state index in [4.69, 9.17) is 0 Å². The molecule has 0 bridgehead atoms. The number of hydrogen-bond donors (Lipinski definition) is 3. The Morgan fingerprint density at radius 2 is 1.64 bits per heavy atom. The maximum Gasteiger partial charge on any atom is 0.256 e. The number of carbonyl (C=O) groups is 1. The third-order valence-corrected chi connectivity index (χ3v) is 4.64. The van der Waals surface area contributed by atoms with Crippen molar-refractivity contribution in [2.75, 3.05) is 24.3 Å². The van der Waals surface area contributed by atoms with Gasteiger partial charge in [0.25, 0.3) is 5.91 Å². The first-order valence-electron chi connectivity index (χ1n) is 8.87. The number of rotatable bonds is 4. The summed E-state index contributed by atoms with van der Waals surface area (Å²) in [4.78, 5) is 14.5. The molecule has 140 valence electrons. The quantitative estimate of drug-likeness (QED) is 0.500. The second-order valence-corrected chi connectivity index (χ2v) is 6.77. The van der Waals surface area contributed by atoms with Crippen LogP contribution in [0.5, 0.6) is 5.75 Å². The van der Waals surface area contributed by atoms with Crippen molar-refractivity contribution in [3.05, 3.63) is 72.3 Å². The zero-order valence-electron chi connectivity index (χ0n) is 15.6. The molecule has 28 heavy (non-hydrogen) atoms. The van der Waals surface area contributed by atoms with Crippen molar-refractivity contribution in [1.82, 2.24) is 10.2 Å². The van der Waals surface area contributed by atoms with Gasteiger partial charge in [0.2, 0.25) is 0 Å². The number of hydrogen-bond acceptors (Lipinski definition) is 4. The minimum atomic E-state index is -0.207. The van der Waals surface area contributed by atoms with Gasteiger partial charge in [0, 0.05) is 30.7 Å². The minimum Gasteiger partial charge on any atom is -0.508 e. The fourth-order valence-corrected chi connectivity index (χ4v) is 3.04. The summed E-state index contributed by atoms with van der Waals surface area (Å²) in [5.41, 5.74) is 4.41. The van der Waals surface area contributed by atoms with Crippen LogP contribution in [-0.4, -0.2) is 35.3 Å². The van der Waals surface area contributed by atoms with E-state index in [9.17, 15) is 9.90 Å².